The number of fused-ring (bicyclic) bond motifs is 1. The SMILES string of the molecule is Cc1cc(C)c(NC(=O)[C@H](C)[NH2+][C@H](C)c2ccc3c(c2)CCCC3)c(C)c1. The van der Waals surface area contributed by atoms with Gasteiger partial charge in [0.05, 0.1) is 0 Å². The van der Waals surface area contributed by atoms with Crippen molar-refractivity contribution in [3.63, 3.8) is 0 Å². The lowest BCUT2D eigenvalue weighted by Crippen LogP contribution is -2.91. The van der Waals surface area contributed by atoms with E-state index in [1.165, 1.54) is 47.9 Å². The van der Waals surface area contributed by atoms with Gasteiger partial charge in [0.25, 0.3) is 5.91 Å². The summed E-state index contributed by atoms with van der Waals surface area (Å²) in [5.41, 5.74) is 8.75. The first-order valence-corrected chi connectivity index (χ1v) is 10.2. The van der Waals surface area contributed by atoms with Crippen LogP contribution >= 0.6 is 0 Å². The zero-order chi connectivity index (χ0) is 19.6. The number of anilines is 1. The van der Waals surface area contributed by atoms with Crippen molar-refractivity contribution >= 4 is 11.6 Å². The lowest BCUT2D eigenvalue weighted by molar-refractivity contribution is -0.709. The molecule has 0 unspecified atom stereocenters. The zero-order valence-corrected chi connectivity index (χ0v) is 17.4. The molecule has 0 aromatic heterocycles. The van der Waals surface area contributed by atoms with Crippen LogP contribution in [0, 0.1) is 20.8 Å². The van der Waals surface area contributed by atoms with Crippen LogP contribution in [0.5, 0.6) is 0 Å². The van der Waals surface area contributed by atoms with Gasteiger partial charge in [-0.25, -0.2) is 0 Å². The van der Waals surface area contributed by atoms with E-state index in [1.54, 1.807) is 0 Å². The molecule has 0 heterocycles. The van der Waals surface area contributed by atoms with Crippen molar-refractivity contribution in [2.24, 2.45) is 0 Å². The fraction of sp³-hybridized carbons (Fsp3) is 0.458. The van der Waals surface area contributed by atoms with Crippen LogP contribution in [0.15, 0.2) is 30.3 Å². The summed E-state index contributed by atoms with van der Waals surface area (Å²) in [7, 11) is 0. The maximum absolute atomic E-state index is 12.8. The molecular formula is C24H33N2O+. The van der Waals surface area contributed by atoms with Gasteiger partial charge in [0, 0.05) is 11.3 Å². The molecule has 2 atom stereocenters. The van der Waals surface area contributed by atoms with E-state index in [1.807, 2.05) is 6.92 Å². The topological polar surface area (TPSA) is 45.7 Å². The molecule has 27 heavy (non-hydrogen) atoms. The Kier molecular flexibility index (Phi) is 6.01. The number of benzene rings is 2. The Morgan fingerprint density at radius 1 is 0.963 bits per heavy atom. The van der Waals surface area contributed by atoms with Gasteiger partial charge in [0.1, 0.15) is 6.04 Å². The normalized spacial score (nSPS) is 15.7. The Bertz CT molecular complexity index is 817. The van der Waals surface area contributed by atoms with E-state index in [-0.39, 0.29) is 18.0 Å². The molecule has 1 amide bonds. The molecule has 144 valence electrons. The van der Waals surface area contributed by atoms with Crippen molar-refractivity contribution in [2.45, 2.75) is 72.4 Å². The largest absolute Gasteiger partial charge is 0.330 e. The standard InChI is InChI=1S/C24H32N2O/c1-15-12-16(2)23(17(3)13-15)26-24(27)19(5)25-18(4)21-11-10-20-8-6-7-9-22(20)14-21/h10-14,18-19,25H,6-9H2,1-5H3,(H,26,27)/p+1/t18-,19+/m1/s1. The molecule has 0 aliphatic heterocycles. The summed E-state index contributed by atoms with van der Waals surface area (Å²) in [6, 6.07) is 11.2. The highest BCUT2D eigenvalue weighted by Gasteiger charge is 2.22. The van der Waals surface area contributed by atoms with Gasteiger partial charge in [-0.2, -0.15) is 0 Å². The second-order valence-electron chi connectivity index (χ2n) is 8.27. The first-order chi connectivity index (χ1) is 12.8. The Morgan fingerprint density at radius 2 is 1.59 bits per heavy atom. The van der Waals surface area contributed by atoms with Crippen molar-refractivity contribution in [2.75, 3.05) is 5.32 Å². The molecule has 0 bridgehead atoms. The number of nitrogens with one attached hydrogen (secondary N) is 1. The highest BCUT2D eigenvalue weighted by atomic mass is 16.2. The fourth-order valence-electron chi connectivity index (χ4n) is 4.28. The number of rotatable bonds is 5. The zero-order valence-electron chi connectivity index (χ0n) is 17.4. The number of hydrogen-bond donors (Lipinski definition) is 2. The lowest BCUT2D eigenvalue weighted by Gasteiger charge is -2.21. The molecule has 3 rings (SSSR count). The summed E-state index contributed by atoms with van der Waals surface area (Å²) in [5.74, 6) is 0.0647. The summed E-state index contributed by atoms with van der Waals surface area (Å²) in [4.78, 5) is 12.8. The molecule has 1 aliphatic rings. The van der Waals surface area contributed by atoms with Crippen LogP contribution in [0.3, 0.4) is 0 Å². The molecule has 0 saturated heterocycles. The summed E-state index contributed by atoms with van der Waals surface area (Å²) in [5, 5.41) is 5.31. The van der Waals surface area contributed by atoms with Gasteiger partial charge in [0.2, 0.25) is 0 Å². The third kappa shape index (κ3) is 4.59. The molecule has 0 radical (unpaired) electrons. The predicted molar refractivity (Wildman–Crippen MR) is 112 cm³/mol. The second-order valence-corrected chi connectivity index (χ2v) is 8.27. The molecule has 2 aromatic carbocycles. The Balaban J connectivity index is 1.66. The maximum Gasteiger partial charge on any atom is 0.282 e. The Hall–Kier alpha value is -2.13. The smallest absolute Gasteiger partial charge is 0.282 e. The summed E-state index contributed by atoms with van der Waals surface area (Å²) in [6.07, 6.45) is 5.01. The average molecular weight is 366 g/mol. The van der Waals surface area contributed by atoms with Crippen LogP contribution in [0.1, 0.15) is 66.1 Å². The number of amides is 1. The Morgan fingerprint density at radius 3 is 2.26 bits per heavy atom. The van der Waals surface area contributed by atoms with Gasteiger partial charge in [0.15, 0.2) is 6.04 Å². The van der Waals surface area contributed by atoms with Gasteiger partial charge < -0.3 is 10.6 Å². The molecule has 3 N–H and O–H groups in total. The van der Waals surface area contributed by atoms with E-state index in [0.29, 0.717) is 0 Å². The summed E-state index contributed by atoms with van der Waals surface area (Å²) >= 11 is 0. The minimum Gasteiger partial charge on any atom is -0.330 e. The molecule has 0 spiro atoms. The summed E-state index contributed by atoms with van der Waals surface area (Å²) in [6.45, 7) is 10.4. The predicted octanol–water partition coefficient (Wildman–Crippen LogP) is 4.14. The van der Waals surface area contributed by atoms with Crippen LogP contribution in [0.25, 0.3) is 0 Å². The number of nitrogens with two attached hydrogens (primary N) is 1. The van der Waals surface area contributed by atoms with Gasteiger partial charge in [-0.05, 0) is 88.6 Å². The van der Waals surface area contributed by atoms with Gasteiger partial charge >= 0.3 is 0 Å². The van der Waals surface area contributed by atoms with Crippen LogP contribution < -0.4 is 10.6 Å². The van der Waals surface area contributed by atoms with E-state index < -0.39 is 0 Å². The lowest BCUT2D eigenvalue weighted by atomic mass is 9.89. The molecule has 0 fully saturated rings. The minimum atomic E-state index is -0.142. The number of carbonyl (C=O) groups is 1. The van der Waals surface area contributed by atoms with Crippen LogP contribution in [-0.4, -0.2) is 11.9 Å². The van der Waals surface area contributed by atoms with Crippen LogP contribution in [0.4, 0.5) is 5.69 Å². The van der Waals surface area contributed by atoms with Crippen molar-refractivity contribution in [1.29, 1.82) is 0 Å². The van der Waals surface area contributed by atoms with E-state index in [0.717, 1.165) is 16.8 Å². The van der Waals surface area contributed by atoms with Crippen LogP contribution in [0.2, 0.25) is 0 Å². The van der Waals surface area contributed by atoms with Gasteiger partial charge in [-0.3, -0.25) is 4.79 Å². The highest BCUT2D eigenvalue weighted by molar-refractivity contribution is 5.95. The van der Waals surface area contributed by atoms with Crippen LogP contribution in [-0.2, 0) is 17.6 Å². The monoisotopic (exact) mass is 365 g/mol. The fourth-order valence-corrected chi connectivity index (χ4v) is 4.28. The second kappa shape index (κ2) is 8.26. The number of carbonyl (C=O) groups excluding carboxylic acids is 1. The minimum absolute atomic E-state index is 0.0647. The van der Waals surface area contributed by atoms with E-state index in [9.17, 15) is 4.79 Å². The van der Waals surface area contributed by atoms with Gasteiger partial charge in [-0.15, -0.1) is 0 Å². The molecule has 3 nitrogen and oxygen atoms in total. The van der Waals surface area contributed by atoms with E-state index >= 15 is 0 Å². The molecule has 1 aliphatic carbocycles. The van der Waals surface area contributed by atoms with Crippen molar-refractivity contribution in [3.8, 4) is 0 Å². The third-order valence-electron chi connectivity index (χ3n) is 5.81. The van der Waals surface area contributed by atoms with E-state index in [2.05, 4.69) is 68.7 Å². The highest BCUT2D eigenvalue weighted by Crippen LogP contribution is 2.24. The number of aryl methyl sites for hydroxylation is 5. The maximum atomic E-state index is 12.8. The first-order valence-electron chi connectivity index (χ1n) is 10.2. The molecular weight excluding hydrogens is 332 g/mol. The average Bonchev–Trinajstić information content (AvgIpc) is 2.63. The summed E-state index contributed by atoms with van der Waals surface area (Å²) < 4.78 is 0. The van der Waals surface area contributed by atoms with Crippen molar-refractivity contribution in [1.82, 2.24) is 0 Å². The number of quaternary nitrogens is 1. The first kappa shape index (κ1) is 19.6. The van der Waals surface area contributed by atoms with E-state index in [4.69, 9.17) is 0 Å². The Labute approximate surface area is 163 Å². The van der Waals surface area contributed by atoms with Crippen molar-refractivity contribution < 1.29 is 10.1 Å². The number of hydrogen-bond acceptors (Lipinski definition) is 1. The molecule has 3 heteroatoms. The van der Waals surface area contributed by atoms with Crippen molar-refractivity contribution in [3.05, 3.63) is 63.7 Å². The third-order valence-corrected chi connectivity index (χ3v) is 5.81. The molecule has 2 aromatic rings. The molecule has 0 saturated carbocycles. The quantitative estimate of drug-likeness (QED) is 0.822. The van der Waals surface area contributed by atoms with Gasteiger partial charge in [-0.1, -0.05) is 29.8 Å².